The number of ether oxygens (including phenoxy) is 1. The number of hydrogen-bond acceptors (Lipinski definition) is 5. The molecular formula is C12H19N3O3S. The van der Waals surface area contributed by atoms with E-state index in [-0.39, 0.29) is 17.1 Å². The molecule has 2 unspecified atom stereocenters. The zero-order valence-corrected chi connectivity index (χ0v) is 11.9. The Labute approximate surface area is 113 Å². The van der Waals surface area contributed by atoms with E-state index in [1.54, 1.807) is 6.07 Å². The van der Waals surface area contributed by atoms with Crippen molar-refractivity contribution in [2.24, 2.45) is 5.14 Å². The normalized spacial score (nSPS) is 24.5. The first kappa shape index (κ1) is 14.1. The Bertz CT molecular complexity index is 564. The van der Waals surface area contributed by atoms with Gasteiger partial charge in [0.2, 0.25) is 10.0 Å². The molecule has 4 N–H and O–H groups in total. The van der Waals surface area contributed by atoms with Gasteiger partial charge in [-0.1, -0.05) is 0 Å². The lowest BCUT2D eigenvalue weighted by atomic mass is 10.2. The summed E-state index contributed by atoms with van der Waals surface area (Å²) in [7, 11) is -3.72. The van der Waals surface area contributed by atoms with E-state index in [9.17, 15) is 8.42 Å². The second kappa shape index (κ2) is 4.99. The molecule has 0 aliphatic carbocycles. The quantitative estimate of drug-likeness (QED) is 0.772. The monoisotopic (exact) mass is 285 g/mol. The molecule has 1 heterocycles. The van der Waals surface area contributed by atoms with Crippen molar-refractivity contribution < 1.29 is 13.2 Å². The minimum atomic E-state index is -3.72. The number of nitrogen functional groups attached to an aromatic ring is 1. The van der Waals surface area contributed by atoms with Crippen molar-refractivity contribution in [2.45, 2.75) is 31.0 Å². The van der Waals surface area contributed by atoms with E-state index in [1.165, 1.54) is 12.1 Å². The number of benzene rings is 1. The van der Waals surface area contributed by atoms with Gasteiger partial charge in [-0.25, -0.2) is 13.6 Å². The molecule has 106 valence electrons. The highest BCUT2D eigenvalue weighted by atomic mass is 32.2. The molecule has 0 amide bonds. The van der Waals surface area contributed by atoms with E-state index >= 15 is 0 Å². The second-order valence-corrected chi connectivity index (χ2v) is 6.49. The van der Waals surface area contributed by atoms with Crippen molar-refractivity contribution in [1.29, 1.82) is 0 Å². The molecule has 2 rings (SSSR count). The summed E-state index contributed by atoms with van der Waals surface area (Å²) in [4.78, 5) is 2.13. The lowest BCUT2D eigenvalue weighted by molar-refractivity contribution is -0.00517. The zero-order chi connectivity index (χ0) is 14.2. The van der Waals surface area contributed by atoms with Gasteiger partial charge in [0, 0.05) is 13.1 Å². The molecule has 0 aromatic heterocycles. The Hall–Kier alpha value is -1.31. The standard InChI is InChI=1S/C12H19N3O3S/c1-8-6-15(7-9(2)18-8)12-4-3-10(5-11(12)13)19(14,16)17/h3-5,8-9H,6-7,13H2,1-2H3,(H2,14,16,17). The van der Waals surface area contributed by atoms with Crippen LogP contribution in [0.1, 0.15) is 13.8 Å². The summed E-state index contributed by atoms with van der Waals surface area (Å²) in [5.41, 5.74) is 7.16. The number of morpholine rings is 1. The maximum Gasteiger partial charge on any atom is 0.238 e. The number of primary sulfonamides is 1. The smallest absolute Gasteiger partial charge is 0.238 e. The van der Waals surface area contributed by atoms with Gasteiger partial charge in [-0.3, -0.25) is 0 Å². The third-order valence-electron chi connectivity index (χ3n) is 3.09. The van der Waals surface area contributed by atoms with Gasteiger partial charge in [-0.05, 0) is 32.0 Å². The van der Waals surface area contributed by atoms with E-state index in [1.807, 2.05) is 13.8 Å². The van der Waals surface area contributed by atoms with E-state index < -0.39 is 10.0 Å². The SMILES string of the molecule is CC1CN(c2ccc(S(N)(=O)=O)cc2N)CC(C)O1. The Morgan fingerprint density at radius 3 is 2.32 bits per heavy atom. The van der Waals surface area contributed by atoms with Crippen LogP contribution in [0, 0.1) is 0 Å². The van der Waals surface area contributed by atoms with Gasteiger partial charge in [0.25, 0.3) is 0 Å². The van der Waals surface area contributed by atoms with Crippen LogP contribution in [0.3, 0.4) is 0 Å². The zero-order valence-electron chi connectivity index (χ0n) is 11.0. The van der Waals surface area contributed by atoms with Gasteiger partial charge in [-0.2, -0.15) is 0 Å². The van der Waals surface area contributed by atoms with Crippen LogP contribution in [0.15, 0.2) is 23.1 Å². The van der Waals surface area contributed by atoms with E-state index in [0.717, 1.165) is 18.8 Å². The summed E-state index contributed by atoms with van der Waals surface area (Å²) in [5, 5.41) is 5.08. The number of nitrogens with zero attached hydrogens (tertiary/aromatic N) is 1. The van der Waals surface area contributed by atoms with Gasteiger partial charge in [0.15, 0.2) is 0 Å². The summed E-state index contributed by atoms with van der Waals surface area (Å²) < 4.78 is 28.2. The van der Waals surface area contributed by atoms with Crippen molar-refractivity contribution >= 4 is 21.4 Å². The molecule has 6 nitrogen and oxygen atoms in total. The second-order valence-electron chi connectivity index (χ2n) is 4.93. The summed E-state index contributed by atoms with van der Waals surface area (Å²) >= 11 is 0. The van der Waals surface area contributed by atoms with Crippen molar-refractivity contribution in [3.05, 3.63) is 18.2 Å². The molecule has 7 heteroatoms. The van der Waals surface area contributed by atoms with Crippen LogP contribution in [-0.2, 0) is 14.8 Å². The Morgan fingerprint density at radius 1 is 1.26 bits per heavy atom. The fraction of sp³-hybridized carbons (Fsp3) is 0.500. The first-order chi connectivity index (χ1) is 8.77. The van der Waals surface area contributed by atoms with Crippen LogP contribution >= 0.6 is 0 Å². The molecular weight excluding hydrogens is 266 g/mol. The largest absolute Gasteiger partial charge is 0.397 e. The molecule has 1 aliphatic heterocycles. The van der Waals surface area contributed by atoms with Crippen molar-refractivity contribution in [2.75, 3.05) is 23.7 Å². The Kier molecular flexibility index (Phi) is 3.71. The molecule has 0 saturated carbocycles. The highest BCUT2D eigenvalue weighted by Crippen LogP contribution is 2.28. The van der Waals surface area contributed by atoms with E-state index in [0.29, 0.717) is 5.69 Å². The van der Waals surface area contributed by atoms with Gasteiger partial charge in [0.1, 0.15) is 0 Å². The maximum absolute atomic E-state index is 11.3. The minimum absolute atomic E-state index is 0.0307. The van der Waals surface area contributed by atoms with Gasteiger partial charge >= 0.3 is 0 Å². The molecule has 1 aromatic carbocycles. The molecule has 0 radical (unpaired) electrons. The fourth-order valence-corrected chi connectivity index (χ4v) is 2.92. The molecule has 0 bridgehead atoms. The van der Waals surface area contributed by atoms with Crippen molar-refractivity contribution in [3.63, 3.8) is 0 Å². The third kappa shape index (κ3) is 3.17. The van der Waals surface area contributed by atoms with Gasteiger partial charge in [-0.15, -0.1) is 0 Å². The van der Waals surface area contributed by atoms with Crippen molar-refractivity contribution in [3.8, 4) is 0 Å². The topological polar surface area (TPSA) is 98.7 Å². The maximum atomic E-state index is 11.3. The van der Waals surface area contributed by atoms with Crippen LogP contribution in [-0.4, -0.2) is 33.7 Å². The predicted octanol–water partition coefficient (Wildman–Crippen LogP) is 0.530. The highest BCUT2D eigenvalue weighted by molar-refractivity contribution is 7.89. The summed E-state index contributed by atoms with van der Waals surface area (Å²) in [6.45, 7) is 5.45. The Morgan fingerprint density at radius 2 is 1.84 bits per heavy atom. The summed E-state index contributed by atoms with van der Waals surface area (Å²) in [6.07, 6.45) is 0.224. The molecule has 1 fully saturated rings. The van der Waals surface area contributed by atoms with Gasteiger partial charge in [0.05, 0.1) is 28.5 Å². The molecule has 1 saturated heterocycles. The van der Waals surface area contributed by atoms with Crippen LogP contribution in [0.4, 0.5) is 11.4 Å². The number of nitrogens with two attached hydrogens (primary N) is 2. The fourth-order valence-electron chi connectivity index (χ4n) is 2.37. The number of rotatable bonds is 2. The molecule has 2 atom stereocenters. The number of sulfonamides is 1. The highest BCUT2D eigenvalue weighted by Gasteiger charge is 2.24. The molecule has 1 aromatic rings. The van der Waals surface area contributed by atoms with Gasteiger partial charge < -0.3 is 15.4 Å². The average Bonchev–Trinajstić information content (AvgIpc) is 2.26. The molecule has 0 spiro atoms. The predicted molar refractivity (Wildman–Crippen MR) is 74.4 cm³/mol. The average molecular weight is 285 g/mol. The van der Waals surface area contributed by atoms with Crippen LogP contribution in [0.2, 0.25) is 0 Å². The minimum Gasteiger partial charge on any atom is -0.397 e. The van der Waals surface area contributed by atoms with Crippen LogP contribution in [0.25, 0.3) is 0 Å². The van der Waals surface area contributed by atoms with E-state index in [2.05, 4.69) is 4.90 Å². The van der Waals surface area contributed by atoms with Crippen LogP contribution < -0.4 is 15.8 Å². The lowest BCUT2D eigenvalue weighted by Gasteiger charge is -2.37. The third-order valence-corrected chi connectivity index (χ3v) is 4.00. The summed E-state index contributed by atoms with van der Waals surface area (Å²) in [5.74, 6) is 0. The lowest BCUT2D eigenvalue weighted by Crippen LogP contribution is -2.45. The Balaban J connectivity index is 2.31. The molecule has 1 aliphatic rings. The van der Waals surface area contributed by atoms with Crippen LogP contribution in [0.5, 0.6) is 0 Å². The number of anilines is 2. The summed E-state index contributed by atoms with van der Waals surface area (Å²) in [6, 6.07) is 4.57. The first-order valence-corrected chi connectivity index (χ1v) is 7.64. The van der Waals surface area contributed by atoms with Crippen molar-refractivity contribution in [1.82, 2.24) is 0 Å². The molecule has 19 heavy (non-hydrogen) atoms. The number of hydrogen-bond donors (Lipinski definition) is 2. The van der Waals surface area contributed by atoms with E-state index in [4.69, 9.17) is 15.6 Å². The first-order valence-electron chi connectivity index (χ1n) is 6.10.